The summed E-state index contributed by atoms with van der Waals surface area (Å²) in [5.41, 5.74) is 1.86. The molecular formula is C25H26N4O3S2. The Balaban J connectivity index is 1.57. The fraction of sp³-hybridized carbons (Fsp3) is 0.280. The molecule has 1 aromatic carbocycles. The van der Waals surface area contributed by atoms with Crippen molar-refractivity contribution in [3.8, 4) is 0 Å². The monoisotopic (exact) mass is 494 g/mol. The van der Waals surface area contributed by atoms with E-state index in [9.17, 15) is 9.59 Å². The zero-order valence-electron chi connectivity index (χ0n) is 18.9. The van der Waals surface area contributed by atoms with Gasteiger partial charge in [0.25, 0.3) is 11.5 Å². The molecule has 34 heavy (non-hydrogen) atoms. The Hall–Kier alpha value is -3.01. The molecule has 1 saturated heterocycles. The number of methoxy groups -OCH3 is 1. The van der Waals surface area contributed by atoms with Gasteiger partial charge in [0.15, 0.2) is 0 Å². The predicted molar refractivity (Wildman–Crippen MR) is 141 cm³/mol. The van der Waals surface area contributed by atoms with E-state index in [0.29, 0.717) is 46.0 Å². The summed E-state index contributed by atoms with van der Waals surface area (Å²) in [6.07, 6.45) is 5.71. The zero-order chi connectivity index (χ0) is 23.9. The average molecular weight is 495 g/mol. The molecule has 1 aliphatic rings. The molecule has 4 rings (SSSR count). The van der Waals surface area contributed by atoms with Gasteiger partial charge in [0.05, 0.1) is 10.5 Å². The third-order valence-corrected chi connectivity index (χ3v) is 6.80. The lowest BCUT2D eigenvalue weighted by Gasteiger charge is -2.14. The first kappa shape index (κ1) is 24.1. The van der Waals surface area contributed by atoms with Gasteiger partial charge in [-0.3, -0.25) is 18.9 Å². The van der Waals surface area contributed by atoms with E-state index in [0.717, 1.165) is 19.3 Å². The maximum Gasteiger partial charge on any atom is 0.267 e. The summed E-state index contributed by atoms with van der Waals surface area (Å²) in [6, 6.07) is 15.5. The zero-order valence-corrected chi connectivity index (χ0v) is 20.5. The fourth-order valence-electron chi connectivity index (χ4n) is 3.70. The number of aromatic nitrogens is 2. The van der Waals surface area contributed by atoms with E-state index in [1.165, 1.54) is 21.7 Å². The van der Waals surface area contributed by atoms with Gasteiger partial charge in [-0.15, -0.1) is 0 Å². The van der Waals surface area contributed by atoms with Crippen molar-refractivity contribution in [3.05, 3.63) is 81.1 Å². The van der Waals surface area contributed by atoms with Crippen LogP contribution in [0.25, 0.3) is 11.7 Å². The van der Waals surface area contributed by atoms with Gasteiger partial charge in [-0.2, -0.15) is 0 Å². The molecule has 3 aromatic rings. The van der Waals surface area contributed by atoms with E-state index in [2.05, 4.69) is 22.4 Å². The fourth-order valence-corrected chi connectivity index (χ4v) is 4.99. The number of rotatable bonds is 10. The van der Waals surface area contributed by atoms with E-state index in [1.54, 1.807) is 36.4 Å². The number of benzene rings is 1. The van der Waals surface area contributed by atoms with Gasteiger partial charge in [0.1, 0.15) is 15.8 Å². The number of aryl methyl sites for hydroxylation is 1. The van der Waals surface area contributed by atoms with Crippen molar-refractivity contribution in [2.24, 2.45) is 0 Å². The summed E-state index contributed by atoms with van der Waals surface area (Å²) in [6.45, 7) is 1.72. The van der Waals surface area contributed by atoms with Gasteiger partial charge in [-0.1, -0.05) is 60.4 Å². The van der Waals surface area contributed by atoms with Crippen LogP contribution in [0.5, 0.6) is 0 Å². The van der Waals surface area contributed by atoms with Crippen molar-refractivity contribution >= 4 is 51.7 Å². The Morgan fingerprint density at radius 3 is 2.71 bits per heavy atom. The Kier molecular flexibility index (Phi) is 8.10. The van der Waals surface area contributed by atoms with E-state index in [1.807, 2.05) is 24.3 Å². The topological polar surface area (TPSA) is 75.9 Å². The smallest absolute Gasteiger partial charge is 0.267 e. The molecule has 1 aliphatic heterocycles. The second-order valence-corrected chi connectivity index (χ2v) is 9.48. The van der Waals surface area contributed by atoms with Crippen LogP contribution in [0.4, 0.5) is 5.82 Å². The largest absolute Gasteiger partial charge is 0.385 e. The van der Waals surface area contributed by atoms with Crippen LogP contribution in [-0.2, 0) is 16.0 Å². The molecule has 3 heterocycles. The number of pyridine rings is 1. The molecular weight excluding hydrogens is 468 g/mol. The number of nitrogens with zero attached hydrogens (tertiary/aromatic N) is 3. The second-order valence-electron chi connectivity index (χ2n) is 7.80. The average Bonchev–Trinajstić information content (AvgIpc) is 3.12. The highest BCUT2D eigenvalue weighted by molar-refractivity contribution is 8.26. The molecule has 9 heteroatoms. The first-order valence-electron chi connectivity index (χ1n) is 11.1. The van der Waals surface area contributed by atoms with Crippen LogP contribution >= 0.6 is 24.0 Å². The Labute approximate surface area is 207 Å². The quantitative estimate of drug-likeness (QED) is 0.260. The Morgan fingerprint density at radius 1 is 1.12 bits per heavy atom. The summed E-state index contributed by atoms with van der Waals surface area (Å²) < 4.78 is 7.09. The summed E-state index contributed by atoms with van der Waals surface area (Å²) in [5, 5.41) is 3.23. The van der Waals surface area contributed by atoms with Gasteiger partial charge >= 0.3 is 0 Å². The summed E-state index contributed by atoms with van der Waals surface area (Å²) in [4.78, 5) is 33.1. The lowest BCUT2D eigenvalue weighted by Crippen LogP contribution is -2.29. The standard InChI is InChI=1S/C25H26N4O3S2/c1-32-16-8-13-26-22-19(23(30)28-14-6-5-12-21(28)27-22)17-20-24(31)29(25(33)34-20)15-7-11-18-9-3-2-4-10-18/h2-6,9-10,12,14,17,26H,7-8,11,13,15-16H2,1H3/b20-17-. The van der Waals surface area contributed by atoms with Crippen LogP contribution in [0.3, 0.4) is 0 Å². The molecule has 0 spiro atoms. The molecule has 0 aliphatic carbocycles. The van der Waals surface area contributed by atoms with Gasteiger partial charge in [-0.05, 0) is 43.0 Å². The number of thioether (sulfide) groups is 1. The Bertz CT molecular complexity index is 1270. The number of fused-ring (bicyclic) bond motifs is 1. The van der Waals surface area contributed by atoms with E-state index in [4.69, 9.17) is 17.0 Å². The highest BCUT2D eigenvalue weighted by Gasteiger charge is 2.32. The molecule has 1 amide bonds. The van der Waals surface area contributed by atoms with Crippen LogP contribution in [0, 0.1) is 0 Å². The number of hydrogen-bond acceptors (Lipinski definition) is 7. The lowest BCUT2D eigenvalue weighted by molar-refractivity contribution is -0.122. The number of carbonyl (C=O) groups is 1. The van der Waals surface area contributed by atoms with E-state index in [-0.39, 0.29) is 11.5 Å². The molecule has 0 atom stereocenters. The van der Waals surface area contributed by atoms with Crippen molar-refractivity contribution in [3.63, 3.8) is 0 Å². The molecule has 176 valence electrons. The number of anilines is 1. The predicted octanol–water partition coefficient (Wildman–Crippen LogP) is 3.98. The first-order chi connectivity index (χ1) is 16.6. The van der Waals surface area contributed by atoms with Crippen molar-refractivity contribution < 1.29 is 9.53 Å². The van der Waals surface area contributed by atoms with E-state index < -0.39 is 0 Å². The number of nitrogens with one attached hydrogen (secondary N) is 1. The van der Waals surface area contributed by atoms with Crippen molar-refractivity contribution in [1.29, 1.82) is 0 Å². The minimum atomic E-state index is -0.241. The normalized spacial score (nSPS) is 15.0. The number of ether oxygens (including phenoxy) is 1. The number of hydrogen-bond donors (Lipinski definition) is 1. The van der Waals surface area contributed by atoms with Crippen LogP contribution in [-0.4, -0.2) is 51.3 Å². The molecule has 7 nitrogen and oxygen atoms in total. The number of thiocarbonyl (C=S) groups is 1. The van der Waals surface area contributed by atoms with E-state index >= 15 is 0 Å². The molecule has 0 unspecified atom stereocenters. The van der Waals surface area contributed by atoms with Gasteiger partial charge in [-0.25, -0.2) is 4.98 Å². The summed E-state index contributed by atoms with van der Waals surface area (Å²) in [7, 11) is 1.65. The molecule has 0 saturated carbocycles. The Morgan fingerprint density at radius 2 is 1.91 bits per heavy atom. The molecule has 1 fully saturated rings. The van der Waals surface area contributed by atoms with Crippen LogP contribution in [0.2, 0.25) is 0 Å². The maximum absolute atomic E-state index is 13.3. The molecule has 0 bridgehead atoms. The van der Waals surface area contributed by atoms with Crippen molar-refractivity contribution in [2.75, 3.05) is 32.1 Å². The second kappa shape index (κ2) is 11.4. The number of amides is 1. The van der Waals surface area contributed by atoms with Gasteiger partial charge in [0, 0.05) is 33.0 Å². The summed E-state index contributed by atoms with van der Waals surface area (Å²) in [5.74, 6) is 0.271. The van der Waals surface area contributed by atoms with Gasteiger partial charge < -0.3 is 10.1 Å². The van der Waals surface area contributed by atoms with Crippen molar-refractivity contribution in [1.82, 2.24) is 14.3 Å². The van der Waals surface area contributed by atoms with Gasteiger partial charge in [0.2, 0.25) is 0 Å². The lowest BCUT2D eigenvalue weighted by atomic mass is 10.1. The minimum Gasteiger partial charge on any atom is -0.385 e. The van der Waals surface area contributed by atoms with Crippen molar-refractivity contribution in [2.45, 2.75) is 19.3 Å². The highest BCUT2D eigenvalue weighted by atomic mass is 32.2. The van der Waals surface area contributed by atoms with Crippen LogP contribution < -0.4 is 10.9 Å². The van der Waals surface area contributed by atoms with Crippen LogP contribution in [0.1, 0.15) is 24.0 Å². The first-order valence-corrected chi connectivity index (χ1v) is 12.3. The third-order valence-electron chi connectivity index (χ3n) is 5.43. The SMILES string of the molecule is COCCCNc1nc2ccccn2c(=O)c1/C=C1\SC(=S)N(CCCc2ccccc2)C1=O. The third kappa shape index (κ3) is 5.55. The highest BCUT2D eigenvalue weighted by Crippen LogP contribution is 2.33. The molecule has 1 N–H and O–H groups in total. The minimum absolute atomic E-state index is 0.175. The van der Waals surface area contributed by atoms with Crippen LogP contribution in [0.15, 0.2) is 64.4 Å². The summed E-state index contributed by atoms with van der Waals surface area (Å²) >= 11 is 6.70. The molecule has 0 radical (unpaired) electrons. The number of carbonyl (C=O) groups excluding carboxylic acids is 1. The maximum atomic E-state index is 13.3. The molecule has 2 aromatic heterocycles.